The molecule has 2 aromatic carbocycles. The molecule has 0 spiro atoms. The Morgan fingerprint density at radius 1 is 1.00 bits per heavy atom. The Hall–Kier alpha value is -1.12. The summed E-state index contributed by atoms with van der Waals surface area (Å²) < 4.78 is 1.13. The minimum atomic E-state index is 0.384. The molecule has 1 atom stereocenters. The molecule has 1 nitrogen and oxygen atoms in total. The van der Waals surface area contributed by atoms with Crippen molar-refractivity contribution in [2.45, 2.75) is 39.8 Å². The molecule has 0 bridgehead atoms. The summed E-state index contributed by atoms with van der Waals surface area (Å²) in [5, 5.41) is 3.70. The zero-order valence-electron chi connectivity index (χ0n) is 13.1. The predicted molar refractivity (Wildman–Crippen MR) is 94.4 cm³/mol. The molecule has 0 saturated carbocycles. The van der Waals surface area contributed by atoms with Crippen LogP contribution >= 0.6 is 15.9 Å². The van der Waals surface area contributed by atoms with Crippen LogP contribution in [0.15, 0.2) is 53.0 Å². The smallest absolute Gasteiger partial charge is 0.0346 e. The number of rotatable bonds is 6. The first-order valence-corrected chi connectivity index (χ1v) is 8.46. The third kappa shape index (κ3) is 4.69. The third-order valence-corrected chi connectivity index (χ3v) is 4.32. The van der Waals surface area contributed by atoms with Gasteiger partial charge in [0, 0.05) is 17.1 Å². The first-order valence-electron chi connectivity index (χ1n) is 7.66. The van der Waals surface area contributed by atoms with Gasteiger partial charge >= 0.3 is 0 Å². The first kappa shape index (κ1) is 16.3. The van der Waals surface area contributed by atoms with E-state index in [9.17, 15) is 0 Å². The molecule has 0 amide bonds. The van der Waals surface area contributed by atoms with E-state index < -0.39 is 0 Å². The van der Waals surface area contributed by atoms with Crippen molar-refractivity contribution in [3.05, 3.63) is 69.7 Å². The van der Waals surface area contributed by atoms with Crippen LogP contribution in [0.3, 0.4) is 0 Å². The van der Waals surface area contributed by atoms with Crippen molar-refractivity contribution in [1.29, 1.82) is 0 Å². The van der Waals surface area contributed by atoms with Crippen molar-refractivity contribution in [3.63, 3.8) is 0 Å². The average Bonchev–Trinajstić information content (AvgIpc) is 2.48. The van der Waals surface area contributed by atoms with Crippen LogP contribution in [0.5, 0.6) is 0 Å². The Balaban J connectivity index is 2.08. The fourth-order valence-corrected chi connectivity index (χ4v) is 3.02. The van der Waals surface area contributed by atoms with Crippen LogP contribution in [0.1, 0.15) is 43.5 Å². The Morgan fingerprint density at radius 2 is 1.71 bits per heavy atom. The van der Waals surface area contributed by atoms with Gasteiger partial charge in [0.1, 0.15) is 0 Å². The Kier molecular flexibility index (Phi) is 6.01. The van der Waals surface area contributed by atoms with Gasteiger partial charge < -0.3 is 5.32 Å². The third-order valence-electron chi connectivity index (χ3n) is 3.83. The second-order valence-electron chi connectivity index (χ2n) is 5.83. The summed E-state index contributed by atoms with van der Waals surface area (Å²) in [6.45, 7) is 7.62. The number of aryl methyl sites for hydroxylation is 1. The van der Waals surface area contributed by atoms with Gasteiger partial charge in [0.2, 0.25) is 0 Å². The summed E-state index contributed by atoms with van der Waals surface area (Å²) in [5.41, 5.74) is 4.07. The van der Waals surface area contributed by atoms with Crippen molar-refractivity contribution >= 4 is 15.9 Å². The number of nitrogens with one attached hydrogen (secondary N) is 1. The van der Waals surface area contributed by atoms with E-state index in [0.717, 1.165) is 17.4 Å². The maximum atomic E-state index is 3.70. The lowest BCUT2D eigenvalue weighted by Crippen LogP contribution is -2.25. The monoisotopic (exact) mass is 345 g/mol. The summed E-state index contributed by atoms with van der Waals surface area (Å²) >= 11 is 3.53. The van der Waals surface area contributed by atoms with Crippen molar-refractivity contribution in [1.82, 2.24) is 5.32 Å². The van der Waals surface area contributed by atoms with Gasteiger partial charge in [-0.05, 0) is 41.2 Å². The number of hydrogen-bond donors (Lipinski definition) is 1. The Morgan fingerprint density at radius 3 is 2.29 bits per heavy atom. The lowest BCUT2D eigenvalue weighted by molar-refractivity contribution is 0.410. The quantitative estimate of drug-likeness (QED) is 0.728. The Labute approximate surface area is 136 Å². The van der Waals surface area contributed by atoms with Gasteiger partial charge in [-0.1, -0.05) is 73.1 Å². The summed E-state index contributed by atoms with van der Waals surface area (Å²) in [6.07, 6.45) is 1.10. The molecule has 112 valence electrons. The fourth-order valence-electron chi connectivity index (χ4n) is 2.57. The maximum Gasteiger partial charge on any atom is 0.0346 e. The SMILES string of the molecule is CCc1ccc(C(NCc2cccc(Br)c2)C(C)C)cc1. The van der Waals surface area contributed by atoms with Crippen molar-refractivity contribution < 1.29 is 0 Å². The normalized spacial score (nSPS) is 12.6. The predicted octanol–water partition coefficient (Wildman–Crippen LogP) is 5.50. The van der Waals surface area contributed by atoms with Crippen molar-refractivity contribution in [2.24, 2.45) is 5.92 Å². The topological polar surface area (TPSA) is 12.0 Å². The molecule has 0 aliphatic heterocycles. The molecule has 1 N–H and O–H groups in total. The minimum absolute atomic E-state index is 0.384. The molecule has 0 radical (unpaired) electrons. The molecule has 0 fully saturated rings. The summed E-state index contributed by atoms with van der Waals surface area (Å²) in [7, 11) is 0. The van der Waals surface area contributed by atoms with Crippen LogP contribution in [0.2, 0.25) is 0 Å². The highest BCUT2D eigenvalue weighted by atomic mass is 79.9. The highest BCUT2D eigenvalue weighted by molar-refractivity contribution is 9.10. The molecule has 1 unspecified atom stereocenters. The van der Waals surface area contributed by atoms with E-state index in [0.29, 0.717) is 12.0 Å². The van der Waals surface area contributed by atoms with Gasteiger partial charge in [-0.15, -0.1) is 0 Å². The summed E-state index contributed by atoms with van der Waals surface area (Å²) in [4.78, 5) is 0. The van der Waals surface area contributed by atoms with Crippen LogP contribution in [0.25, 0.3) is 0 Å². The van der Waals surface area contributed by atoms with E-state index in [4.69, 9.17) is 0 Å². The molecule has 2 heteroatoms. The van der Waals surface area contributed by atoms with E-state index >= 15 is 0 Å². The molecule has 0 aliphatic rings. The number of hydrogen-bond acceptors (Lipinski definition) is 1. The van der Waals surface area contributed by atoms with Crippen LogP contribution in [-0.2, 0) is 13.0 Å². The Bertz CT molecular complexity index is 560. The second-order valence-corrected chi connectivity index (χ2v) is 6.74. The van der Waals surface area contributed by atoms with Gasteiger partial charge in [0.25, 0.3) is 0 Å². The summed E-state index contributed by atoms with van der Waals surface area (Å²) in [6, 6.07) is 17.9. The number of benzene rings is 2. The van der Waals surface area contributed by atoms with Gasteiger partial charge in [0.15, 0.2) is 0 Å². The molecule has 0 aliphatic carbocycles. The first-order chi connectivity index (χ1) is 10.1. The largest absolute Gasteiger partial charge is 0.306 e. The van der Waals surface area contributed by atoms with Gasteiger partial charge in [-0.2, -0.15) is 0 Å². The summed E-state index contributed by atoms with van der Waals surface area (Å²) in [5.74, 6) is 0.560. The van der Waals surface area contributed by atoms with Crippen LogP contribution in [0, 0.1) is 5.92 Å². The number of halogens is 1. The zero-order chi connectivity index (χ0) is 15.2. The molecular formula is C19H24BrN. The highest BCUT2D eigenvalue weighted by Gasteiger charge is 2.15. The molecular weight excluding hydrogens is 322 g/mol. The van der Waals surface area contributed by atoms with Gasteiger partial charge in [-0.25, -0.2) is 0 Å². The standard InChI is InChI=1S/C19H24BrN/c1-4-15-8-10-17(11-9-15)19(14(2)3)21-13-16-6-5-7-18(20)12-16/h5-12,14,19,21H,4,13H2,1-3H3. The van der Waals surface area contributed by atoms with Crippen molar-refractivity contribution in [2.75, 3.05) is 0 Å². The van der Waals surface area contributed by atoms with Crippen LogP contribution in [0.4, 0.5) is 0 Å². The van der Waals surface area contributed by atoms with Crippen LogP contribution < -0.4 is 5.32 Å². The molecule has 2 aromatic rings. The fraction of sp³-hybridized carbons (Fsp3) is 0.368. The molecule has 0 saturated heterocycles. The molecule has 2 rings (SSSR count). The van der Waals surface area contributed by atoms with Crippen molar-refractivity contribution in [3.8, 4) is 0 Å². The van der Waals surface area contributed by atoms with Crippen LogP contribution in [-0.4, -0.2) is 0 Å². The van der Waals surface area contributed by atoms with E-state index in [-0.39, 0.29) is 0 Å². The molecule has 0 heterocycles. The van der Waals surface area contributed by atoms with E-state index in [2.05, 4.69) is 90.5 Å². The van der Waals surface area contributed by atoms with Gasteiger partial charge in [0.05, 0.1) is 0 Å². The lowest BCUT2D eigenvalue weighted by atomic mass is 9.94. The lowest BCUT2D eigenvalue weighted by Gasteiger charge is -2.23. The maximum absolute atomic E-state index is 3.70. The van der Waals surface area contributed by atoms with E-state index in [1.807, 2.05) is 0 Å². The molecule has 0 aromatic heterocycles. The van der Waals surface area contributed by atoms with Gasteiger partial charge in [-0.3, -0.25) is 0 Å². The zero-order valence-corrected chi connectivity index (χ0v) is 14.7. The van der Waals surface area contributed by atoms with E-state index in [1.54, 1.807) is 0 Å². The average molecular weight is 346 g/mol. The second kappa shape index (κ2) is 7.77. The molecule has 21 heavy (non-hydrogen) atoms. The van der Waals surface area contributed by atoms with E-state index in [1.165, 1.54) is 16.7 Å². The minimum Gasteiger partial charge on any atom is -0.306 e. The highest BCUT2D eigenvalue weighted by Crippen LogP contribution is 2.23.